The molecule has 0 bridgehead atoms. The Hall–Kier alpha value is -2.62. The van der Waals surface area contributed by atoms with Gasteiger partial charge in [0.25, 0.3) is 10.1 Å². The number of nitrogen functional groups attached to an aromatic ring is 1. The molecular weight excluding hydrogens is 390 g/mol. The van der Waals surface area contributed by atoms with Crippen molar-refractivity contribution < 1.29 is 25.6 Å². The highest BCUT2D eigenvalue weighted by molar-refractivity contribution is 7.87. The second-order valence-electron chi connectivity index (χ2n) is 6.12. The monoisotopic (exact) mass is 407 g/mol. The van der Waals surface area contributed by atoms with Gasteiger partial charge in [0.05, 0.1) is 4.90 Å². The third-order valence-electron chi connectivity index (χ3n) is 4.19. The number of fused-ring (bicyclic) bond motifs is 1. The van der Waals surface area contributed by atoms with Crippen molar-refractivity contribution in [2.45, 2.75) is 23.6 Å². The summed E-state index contributed by atoms with van der Waals surface area (Å²) in [6, 6.07) is 11.3. The van der Waals surface area contributed by atoms with Crippen molar-refractivity contribution in [3.05, 3.63) is 59.7 Å². The Balaban J connectivity index is 2.24. The number of nitrogens with two attached hydrogens (primary N) is 1. The Bertz CT molecular complexity index is 1250. The summed E-state index contributed by atoms with van der Waals surface area (Å²) in [5.41, 5.74) is 7.66. The summed E-state index contributed by atoms with van der Waals surface area (Å²) in [5.74, 6) is -0.219. The molecule has 27 heavy (non-hydrogen) atoms. The van der Waals surface area contributed by atoms with E-state index in [0.29, 0.717) is 22.0 Å². The summed E-state index contributed by atoms with van der Waals surface area (Å²) < 4.78 is 63.1. The van der Waals surface area contributed by atoms with E-state index in [0.717, 1.165) is 11.6 Å². The van der Waals surface area contributed by atoms with Gasteiger partial charge in [0.15, 0.2) is 5.75 Å². The van der Waals surface area contributed by atoms with Gasteiger partial charge in [-0.2, -0.15) is 16.8 Å². The molecule has 0 aliphatic rings. The van der Waals surface area contributed by atoms with Gasteiger partial charge in [-0.05, 0) is 55.1 Å². The molecule has 0 aromatic heterocycles. The molecule has 3 rings (SSSR count). The molecule has 0 saturated carbocycles. The SMILES string of the molecule is Cc1ccc(S(=O)(=O)Oc2cc(S(=O)(=O)O)cc3c(C)c(N)ccc23)cc1. The summed E-state index contributed by atoms with van der Waals surface area (Å²) in [7, 11) is -8.80. The highest BCUT2D eigenvalue weighted by Gasteiger charge is 2.22. The third-order valence-corrected chi connectivity index (χ3v) is 6.27. The maximum Gasteiger partial charge on any atom is 0.339 e. The van der Waals surface area contributed by atoms with E-state index in [1.54, 1.807) is 25.1 Å². The Kier molecular flexibility index (Phi) is 4.62. The Morgan fingerprint density at radius 3 is 2.07 bits per heavy atom. The molecule has 0 aliphatic carbocycles. The van der Waals surface area contributed by atoms with Crippen LogP contribution in [0.15, 0.2) is 58.3 Å². The molecule has 0 atom stereocenters. The predicted octanol–water partition coefficient (Wildman–Crippen LogP) is 3.05. The van der Waals surface area contributed by atoms with Crippen LogP contribution >= 0.6 is 0 Å². The standard InChI is InChI=1S/C18H17NO6S2/c1-11-3-5-13(6-4-11)27(23,24)25-18-10-14(26(20,21)22)9-16-12(2)17(19)8-7-15(16)18/h3-10H,19H2,1-2H3,(H,20,21,22). The lowest BCUT2D eigenvalue weighted by Gasteiger charge is -2.13. The van der Waals surface area contributed by atoms with Gasteiger partial charge < -0.3 is 9.92 Å². The molecule has 0 unspecified atom stereocenters. The predicted molar refractivity (Wildman–Crippen MR) is 102 cm³/mol. The average molecular weight is 407 g/mol. The van der Waals surface area contributed by atoms with Crippen molar-refractivity contribution in [3.63, 3.8) is 0 Å². The summed E-state index contributed by atoms with van der Waals surface area (Å²) in [4.78, 5) is -0.566. The van der Waals surface area contributed by atoms with E-state index in [1.165, 1.54) is 24.3 Å². The topological polar surface area (TPSA) is 124 Å². The lowest BCUT2D eigenvalue weighted by atomic mass is 10.0. The van der Waals surface area contributed by atoms with Crippen LogP contribution in [0.3, 0.4) is 0 Å². The molecular formula is C18H17NO6S2. The highest BCUT2D eigenvalue weighted by Crippen LogP contribution is 2.35. The fourth-order valence-corrected chi connectivity index (χ4v) is 4.09. The first-order valence-corrected chi connectivity index (χ1v) is 10.7. The summed E-state index contributed by atoms with van der Waals surface area (Å²) >= 11 is 0. The zero-order chi connectivity index (χ0) is 20.0. The van der Waals surface area contributed by atoms with Gasteiger partial charge in [0, 0.05) is 17.1 Å². The smallest absolute Gasteiger partial charge is 0.339 e. The second-order valence-corrected chi connectivity index (χ2v) is 9.09. The van der Waals surface area contributed by atoms with Gasteiger partial charge >= 0.3 is 10.1 Å². The molecule has 0 saturated heterocycles. The number of anilines is 1. The van der Waals surface area contributed by atoms with E-state index < -0.39 is 25.1 Å². The van der Waals surface area contributed by atoms with Gasteiger partial charge in [-0.3, -0.25) is 4.55 Å². The number of hydrogen-bond donors (Lipinski definition) is 2. The first-order valence-electron chi connectivity index (χ1n) is 7.80. The maximum atomic E-state index is 12.6. The van der Waals surface area contributed by atoms with Crippen LogP contribution in [0.1, 0.15) is 11.1 Å². The molecule has 0 radical (unpaired) electrons. The number of aryl methyl sites for hydroxylation is 2. The second kappa shape index (κ2) is 6.52. The molecule has 0 heterocycles. The van der Waals surface area contributed by atoms with Crippen LogP contribution in [0.25, 0.3) is 10.8 Å². The molecule has 7 nitrogen and oxygen atoms in total. The first-order chi connectivity index (χ1) is 12.5. The Morgan fingerprint density at radius 2 is 1.48 bits per heavy atom. The summed E-state index contributed by atoms with van der Waals surface area (Å²) in [6.45, 7) is 3.47. The fourth-order valence-electron chi connectivity index (χ4n) is 2.63. The molecule has 3 aromatic rings. The summed E-state index contributed by atoms with van der Waals surface area (Å²) in [6.07, 6.45) is 0. The maximum absolute atomic E-state index is 12.6. The van der Waals surface area contributed by atoms with Crippen LogP contribution in [0, 0.1) is 13.8 Å². The van der Waals surface area contributed by atoms with E-state index in [4.69, 9.17) is 9.92 Å². The minimum Gasteiger partial charge on any atom is -0.398 e. The Labute approximate surface area is 157 Å². The van der Waals surface area contributed by atoms with Crippen LogP contribution in [0.2, 0.25) is 0 Å². The van der Waals surface area contributed by atoms with E-state index >= 15 is 0 Å². The fraction of sp³-hybridized carbons (Fsp3) is 0.111. The largest absolute Gasteiger partial charge is 0.398 e. The third kappa shape index (κ3) is 3.75. The molecule has 3 N–H and O–H groups in total. The van der Waals surface area contributed by atoms with Crippen molar-refractivity contribution in [1.82, 2.24) is 0 Å². The van der Waals surface area contributed by atoms with Gasteiger partial charge in [-0.15, -0.1) is 0 Å². The van der Waals surface area contributed by atoms with Crippen LogP contribution in [0.5, 0.6) is 5.75 Å². The summed E-state index contributed by atoms with van der Waals surface area (Å²) in [5, 5.41) is 0.712. The van der Waals surface area contributed by atoms with Gasteiger partial charge in [0.2, 0.25) is 0 Å². The lowest BCUT2D eigenvalue weighted by Crippen LogP contribution is -2.11. The van der Waals surface area contributed by atoms with Crippen molar-refractivity contribution in [3.8, 4) is 5.75 Å². The first kappa shape index (κ1) is 19.2. The van der Waals surface area contributed by atoms with E-state index in [2.05, 4.69) is 0 Å². The van der Waals surface area contributed by atoms with E-state index in [1.807, 2.05) is 6.92 Å². The van der Waals surface area contributed by atoms with Gasteiger partial charge in [-0.1, -0.05) is 17.7 Å². The van der Waals surface area contributed by atoms with Crippen LogP contribution in [-0.2, 0) is 20.2 Å². The van der Waals surface area contributed by atoms with Gasteiger partial charge in [0.1, 0.15) is 4.90 Å². The van der Waals surface area contributed by atoms with E-state index in [9.17, 15) is 21.4 Å². The quantitative estimate of drug-likeness (QED) is 0.387. The number of rotatable bonds is 4. The normalized spacial score (nSPS) is 12.3. The van der Waals surface area contributed by atoms with Gasteiger partial charge in [-0.25, -0.2) is 0 Å². The zero-order valence-electron chi connectivity index (χ0n) is 14.5. The van der Waals surface area contributed by atoms with Crippen LogP contribution in [-0.4, -0.2) is 21.4 Å². The van der Waals surface area contributed by atoms with Crippen molar-refractivity contribution >= 4 is 36.7 Å². The number of benzene rings is 3. The van der Waals surface area contributed by atoms with Crippen LogP contribution < -0.4 is 9.92 Å². The Morgan fingerprint density at radius 1 is 0.852 bits per heavy atom. The zero-order valence-corrected chi connectivity index (χ0v) is 16.1. The minimum atomic E-state index is -4.59. The average Bonchev–Trinajstić information content (AvgIpc) is 2.57. The molecule has 0 aliphatic heterocycles. The van der Waals surface area contributed by atoms with E-state index in [-0.39, 0.29) is 10.6 Å². The lowest BCUT2D eigenvalue weighted by molar-refractivity contribution is 0.477. The van der Waals surface area contributed by atoms with Crippen LogP contribution in [0.4, 0.5) is 5.69 Å². The highest BCUT2D eigenvalue weighted by atomic mass is 32.2. The molecule has 3 aromatic carbocycles. The molecule has 9 heteroatoms. The van der Waals surface area contributed by atoms with Crippen molar-refractivity contribution in [1.29, 1.82) is 0 Å². The molecule has 142 valence electrons. The minimum absolute atomic E-state index is 0.0781. The number of hydrogen-bond acceptors (Lipinski definition) is 6. The molecule has 0 spiro atoms. The van der Waals surface area contributed by atoms with Crippen molar-refractivity contribution in [2.24, 2.45) is 0 Å². The molecule has 0 amide bonds. The molecule has 0 fully saturated rings. The van der Waals surface area contributed by atoms with Crippen molar-refractivity contribution in [2.75, 3.05) is 5.73 Å².